The Morgan fingerprint density at radius 2 is 1.73 bits per heavy atom. The van der Waals surface area contributed by atoms with Crippen molar-refractivity contribution in [2.75, 3.05) is 33.3 Å². The van der Waals surface area contributed by atoms with Crippen molar-refractivity contribution in [2.24, 2.45) is 0 Å². The van der Waals surface area contributed by atoms with Crippen LogP contribution in [0.1, 0.15) is 44.1 Å². The lowest BCUT2D eigenvalue weighted by Crippen LogP contribution is -2.30. The van der Waals surface area contributed by atoms with E-state index in [2.05, 4.69) is 28.8 Å². The van der Waals surface area contributed by atoms with E-state index in [-0.39, 0.29) is 0 Å². The molecule has 0 amide bonds. The average Bonchev–Trinajstić information content (AvgIpc) is 2.59. The Labute approximate surface area is 136 Å². The molecule has 1 N–H and O–H groups in total. The second-order valence-electron chi connectivity index (χ2n) is 6.15. The maximum atomic E-state index is 5.17. The second-order valence-corrected chi connectivity index (χ2v) is 6.15. The van der Waals surface area contributed by atoms with Gasteiger partial charge in [0.15, 0.2) is 0 Å². The first-order chi connectivity index (χ1) is 10.9. The van der Waals surface area contributed by atoms with Crippen molar-refractivity contribution in [3.05, 3.63) is 36.2 Å². The van der Waals surface area contributed by atoms with Crippen LogP contribution in [0.25, 0.3) is 0 Å². The highest BCUT2D eigenvalue weighted by molar-refractivity contribution is 5.26. The molecule has 1 aliphatic heterocycles. The summed E-state index contributed by atoms with van der Waals surface area (Å²) in [5.74, 6) is 0.926. The molecule has 0 atom stereocenters. The van der Waals surface area contributed by atoms with Crippen LogP contribution in [0.2, 0.25) is 0 Å². The number of rotatable bonds is 10. The van der Waals surface area contributed by atoms with Gasteiger partial charge in [-0.1, -0.05) is 25.0 Å². The van der Waals surface area contributed by atoms with E-state index < -0.39 is 0 Å². The van der Waals surface area contributed by atoms with E-state index in [1.165, 1.54) is 63.7 Å². The van der Waals surface area contributed by atoms with Crippen molar-refractivity contribution >= 4 is 0 Å². The molecule has 1 aromatic carbocycles. The van der Waals surface area contributed by atoms with Crippen molar-refractivity contribution < 1.29 is 4.74 Å². The number of benzene rings is 1. The molecule has 1 aromatic rings. The first-order valence-electron chi connectivity index (χ1n) is 8.76. The SMILES string of the molecule is COc1ccc(CNCCCCCCN2CC[CH]CC2)cc1. The fraction of sp³-hybridized carbons (Fsp3) is 0.632. The van der Waals surface area contributed by atoms with Crippen LogP contribution in [-0.2, 0) is 6.54 Å². The molecule has 0 bridgehead atoms. The average molecular weight is 303 g/mol. The quantitative estimate of drug-likeness (QED) is 0.668. The van der Waals surface area contributed by atoms with Crippen molar-refractivity contribution in [3.8, 4) is 5.75 Å². The molecule has 22 heavy (non-hydrogen) atoms. The molecule has 123 valence electrons. The molecule has 0 saturated carbocycles. The molecule has 1 fully saturated rings. The molecule has 0 aromatic heterocycles. The minimum atomic E-state index is 0.926. The fourth-order valence-electron chi connectivity index (χ4n) is 2.94. The number of unbranched alkanes of at least 4 members (excludes halogenated alkanes) is 3. The van der Waals surface area contributed by atoms with Gasteiger partial charge in [-0.15, -0.1) is 0 Å². The number of hydrogen-bond acceptors (Lipinski definition) is 3. The molecule has 2 rings (SSSR count). The third-order valence-corrected chi connectivity index (χ3v) is 4.36. The zero-order chi connectivity index (χ0) is 15.5. The third kappa shape index (κ3) is 6.80. The number of hydrogen-bond donors (Lipinski definition) is 1. The highest BCUT2D eigenvalue weighted by atomic mass is 16.5. The molecule has 1 saturated heterocycles. The number of piperidine rings is 1. The molecule has 3 heteroatoms. The van der Waals surface area contributed by atoms with Crippen LogP contribution in [0, 0.1) is 6.42 Å². The topological polar surface area (TPSA) is 24.5 Å². The number of likely N-dealkylation sites (tertiary alicyclic amines) is 1. The molecule has 0 aliphatic carbocycles. The summed E-state index contributed by atoms with van der Waals surface area (Å²) in [7, 11) is 1.71. The first kappa shape index (κ1) is 17.3. The van der Waals surface area contributed by atoms with E-state index in [1.54, 1.807) is 7.11 Å². The molecule has 0 unspecified atom stereocenters. The van der Waals surface area contributed by atoms with Crippen LogP contribution >= 0.6 is 0 Å². The molecule has 1 radical (unpaired) electrons. The van der Waals surface area contributed by atoms with Crippen molar-refractivity contribution in [1.29, 1.82) is 0 Å². The molecule has 1 heterocycles. The minimum absolute atomic E-state index is 0.926. The zero-order valence-corrected chi connectivity index (χ0v) is 14.0. The number of nitrogens with one attached hydrogen (secondary N) is 1. The summed E-state index contributed by atoms with van der Waals surface area (Å²) in [6.45, 7) is 5.93. The Morgan fingerprint density at radius 3 is 2.45 bits per heavy atom. The zero-order valence-electron chi connectivity index (χ0n) is 14.0. The Bertz CT molecular complexity index is 385. The molecule has 3 nitrogen and oxygen atoms in total. The van der Waals surface area contributed by atoms with Gasteiger partial charge in [-0.05, 0) is 76.0 Å². The Balaban J connectivity index is 1.42. The van der Waals surface area contributed by atoms with Crippen molar-refractivity contribution in [3.63, 3.8) is 0 Å². The third-order valence-electron chi connectivity index (χ3n) is 4.36. The van der Waals surface area contributed by atoms with Crippen LogP contribution in [0.3, 0.4) is 0 Å². The second kappa shape index (κ2) is 10.6. The number of ether oxygens (including phenoxy) is 1. The fourth-order valence-corrected chi connectivity index (χ4v) is 2.94. The lowest BCUT2D eigenvalue weighted by atomic mass is 10.1. The van der Waals surface area contributed by atoms with Crippen LogP contribution in [0.5, 0.6) is 5.75 Å². The predicted molar refractivity (Wildman–Crippen MR) is 93.1 cm³/mol. The van der Waals surface area contributed by atoms with Gasteiger partial charge >= 0.3 is 0 Å². The van der Waals surface area contributed by atoms with Crippen LogP contribution in [0.4, 0.5) is 0 Å². The molecular formula is C19H31N2O. The van der Waals surface area contributed by atoms with Gasteiger partial charge in [-0.25, -0.2) is 0 Å². The van der Waals surface area contributed by atoms with Gasteiger partial charge in [0.2, 0.25) is 0 Å². The summed E-state index contributed by atoms with van der Waals surface area (Å²) < 4.78 is 5.17. The maximum Gasteiger partial charge on any atom is 0.118 e. The van der Waals surface area contributed by atoms with Gasteiger partial charge in [-0.2, -0.15) is 0 Å². The molecule has 0 spiro atoms. The molecular weight excluding hydrogens is 272 g/mol. The number of methoxy groups -OCH3 is 1. The lowest BCUT2D eigenvalue weighted by molar-refractivity contribution is 0.248. The number of nitrogens with zero attached hydrogens (tertiary/aromatic N) is 1. The summed E-state index contributed by atoms with van der Waals surface area (Å²) in [5.41, 5.74) is 1.32. The van der Waals surface area contributed by atoms with Crippen LogP contribution < -0.4 is 10.1 Å². The minimum Gasteiger partial charge on any atom is -0.497 e. The normalized spacial score (nSPS) is 15.9. The lowest BCUT2D eigenvalue weighted by Gasteiger charge is -2.26. The monoisotopic (exact) mass is 303 g/mol. The summed E-state index contributed by atoms with van der Waals surface area (Å²) in [6, 6.07) is 8.30. The van der Waals surface area contributed by atoms with Gasteiger partial charge in [0, 0.05) is 6.54 Å². The van der Waals surface area contributed by atoms with Gasteiger partial charge in [0.05, 0.1) is 7.11 Å². The Kier molecular flexibility index (Phi) is 8.36. The Hall–Kier alpha value is -1.06. The summed E-state index contributed by atoms with van der Waals surface area (Å²) in [4.78, 5) is 2.61. The van der Waals surface area contributed by atoms with Gasteiger partial charge in [-0.3, -0.25) is 0 Å². The Morgan fingerprint density at radius 1 is 1.00 bits per heavy atom. The van der Waals surface area contributed by atoms with Crippen molar-refractivity contribution in [1.82, 2.24) is 10.2 Å². The van der Waals surface area contributed by atoms with E-state index in [9.17, 15) is 0 Å². The van der Waals surface area contributed by atoms with E-state index >= 15 is 0 Å². The van der Waals surface area contributed by atoms with Gasteiger partial charge in [0.1, 0.15) is 5.75 Å². The summed E-state index contributed by atoms with van der Waals surface area (Å²) in [6.07, 6.45) is 10.3. The summed E-state index contributed by atoms with van der Waals surface area (Å²) in [5, 5.41) is 3.52. The highest BCUT2D eigenvalue weighted by Crippen LogP contribution is 2.11. The van der Waals surface area contributed by atoms with E-state index in [0.717, 1.165) is 18.8 Å². The predicted octanol–water partition coefficient (Wildman–Crippen LogP) is 3.65. The smallest absolute Gasteiger partial charge is 0.118 e. The van der Waals surface area contributed by atoms with Crippen molar-refractivity contribution in [2.45, 2.75) is 45.1 Å². The van der Waals surface area contributed by atoms with E-state index in [0.29, 0.717) is 0 Å². The van der Waals surface area contributed by atoms with E-state index in [1.807, 2.05) is 12.1 Å². The van der Waals surface area contributed by atoms with Gasteiger partial charge < -0.3 is 15.0 Å². The largest absolute Gasteiger partial charge is 0.497 e. The first-order valence-corrected chi connectivity index (χ1v) is 8.76. The van der Waals surface area contributed by atoms with E-state index in [4.69, 9.17) is 4.74 Å². The standard InChI is InChI=1S/C19H31N2O/c1-22-19-11-9-18(10-12-19)17-20-13-5-2-3-6-14-21-15-7-4-8-16-21/h4,9-12,20H,2-3,5-8,13-17H2,1H3. The summed E-state index contributed by atoms with van der Waals surface area (Å²) >= 11 is 0. The maximum absolute atomic E-state index is 5.17. The van der Waals surface area contributed by atoms with Gasteiger partial charge in [0.25, 0.3) is 0 Å². The van der Waals surface area contributed by atoms with Crippen LogP contribution in [-0.4, -0.2) is 38.2 Å². The highest BCUT2D eigenvalue weighted by Gasteiger charge is 2.08. The molecule has 1 aliphatic rings. The van der Waals surface area contributed by atoms with Crippen LogP contribution in [0.15, 0.2) is 24.3 Å².